The van der Waals surface area contributed by atoms with Gasteiger partial charge in [0.15, 0.2) is 6.29 Å². The lowest BCUT2D eigenvalue weighted by molar-refractivity contribution is -0.164. The first kappa shape index (κ1) is 33.5. The van der Waals surface area contributed by atoms with Crippen molar-refractivity contribution in [2.24, 2.45) is 0 Å². The van der Waals surface area contributed by atoms with Gasteiger partial charge in [-0.05, 0) is 115 Å². The quantitative estimate of drug-likeness (QED) is 0.176. The van der Waals surface area contributed by atoms with Crippen molar-refractivity contribution < 1.29 is 22.7 Å². The van der Waals surface area contributed by atoms with Crippen LogP contribution in [0.15, 0.2) is 53.4 Å². The molecule has 0 N–H and O–H groups in total. The van der Waals surface area contributed by atoms with Crippen molar-refractivity contribution in [3.05, 3.63) is 75.7 Å². The molecule has 0 aliphatic carbocycles. The van der Waals surface area contributed by atoms with Crippen LogP contribution >= 0.6 is 11.3 Å². The smallest absolute Gasteiger partial charge is 0.269 e. The Kier molecular flexibility index (Phi) is 8.88. The Hall–Kier alpha value is -2.98. The second-order valence-corrected chi connectivity index (χ2v) is 17.7. The lowest BCUT2D eigenvalue weighted by atomic mass is 9.88. The van der Waals surface area contributed by atoms with Gasteiger partial charge in [0.1, 0.15) is 4.83 Å². The van der Waals surface area contributed by atoms with Gasteiger partial charge >= 0.3 is 0 Å². The van der Waals surface area contributed by atoms with Gasteiger partial charge in [0.05, 0.1) is 22.6 Å². The van der Waals surface area contributed by atoms with E-state index in [0.29, 0.717) is 35.8 Å². The topological polar surface area (TPSA) is 77.8 Å². The van der Waals surface area contributed by atoms with Gasteiger partial charge in [-0.25, -0.2) is 12.4 Å². The molecular formula is C39H48N2O5S2. The molecule has 2 bridgehead atoms. The Morgan fingerprint density at radius 1 is 0.938 bits per heavy atom. The van der Waals surface area contributed by atoms with Crippen LogP contribution in [0.3, 0.4) is 0 Å². The zero-order chi connectivity index (χ0) is 34.0. The molecule has 3 fully saturated rings. The number of amides is 1. The monoisotopic (exact) mass is 688 g/mol. The van der Waals surface area contributed by atoms with Gasteiger partial charge in [-0.15, -0.1) is 11.3 Å². The number of ether oxygens (including phenoxy) is 2. The molecule has 4 aromatic rings. The number of aromatic nitrogens is 1. The van der Waals surface area contributed by atoms with Gasteiger partial charge in [0.25, 0.3) is 10.0 Å². The molecule has 7 nitrogen and oxygen atoms in total. The van der Waals surface area contributed by atoms with Gasteiger partial charge in [0, 0.05) is 40.4 Å². The van der Waals surface area contributed by atoms with Crippen LogP contribution in [0, 0.1) is 20.8 Å². The Bertz CT molecular complexity index is 1910. The highest BCUT2D eigenvalue weighted by molar-refractivity contribution is 7.90. The summed E-state index contributed by atoms with van der Waals surface area (Å²) in [6, 6.07) is 16.1. The molecule has 0 spiro atoms. The highest BCUT2D eigenvalue weighted by Crippen LogP contribution is 2.48. The number of benzene rings is 2. The van der Waals surface area contributed by atoms with Gasteiger partial charge in [0.2, 0.25) is 5.91 Å². The molecule has 3 aliphatic heterocycles. The fraction of sp³-hybridized carbons (Fsp3) is 0.513. The Balaban J connectivity index is 1.44. The summed E-state index contributed by atoms with van der Waals surface area (Å²) in [6.45, 7) is 13.3. The van der Waals surface area contributed by atoms with Crippen molar-refractivity contribution in [1.82, 2.24) is 8.87 Å². The molecule has 3 saturated heterocycles. The fourth-order valence-electron chi connectivity index (χ4n) is 8.15. The highest BCUT2D eigenvalue weighted by Gasteiger charge is 2.48. The summed E-state index contributed by atoms with van der Waals surface area (Å²) < 4.78 is 43.6. The van der Waals surface area contributed by atoms with Crippen molar-refractivity contribution in [2.45, 2.75) is 121 Å². The standard InChI is InChI=1S/C39H48N2O5S2/c1-24-10-16-31(17-11-24)48(43,44)41-36(28-20-25(2)19-26(3)21-28)35(27(4)23-46-34-9-7-8-18-45-34)32-22-33(47-37(32)41)39(5,6)38(42)40-29-12-13-30(40)15-14-29/h10-11,16-17,19-22,27,29-30,34H,7-9,12-15,18,23H2,1-6H3/t27-,29?,30?,34?/m1/s1. The van der Waals surface area contributed by atoms with Crippen LogP contribution in [0.1, 0.15) is 98.8 Å². The number of carbonyl (C=O) groups excluding carboxylic acids is 1. The van der Waals surface area contributed by atoms with E-state index in [1.54, 1.807) is 16.1 Å². The van der Waals surface area contributed by atoms with Crippen LogP contribution in [0.2, 0.25) is 0 Å². The SMILES string of the molecule is Cc1ccc(S(=O)(=O)n2c(-c3cc(C)cc(C)c3)c([C@H](C)COC3CCCCO3)c3cc(C(C)(C)C(=O)N4C5CCC4CC5)sc32)cc1. The number of thiophene rings is 1. The van der Waals surface area contributed by atoms with E-state index in [0.717, 1.165) is 83.0 Å². The minimum absolute atomic E-state index is 0.145. The molecule has 0 radical (unpaired) electrons. The average Bonchev–Trinajstić information content (AvgIpc) is 3.83. The lowest BCUT2D eigenvalue weighted by Crippen LogP contribution is -2.45. The predicted octanol–water partition coefficient (Wildman–Crippen LogP) is 8.61. The number of carbonyl (C=O) groups is 1. The largest absolute Gasteiger partial charge is 0.353 e. The van der Waals surface area contributed by atoms with Crippen LogP contribution in [-0.4, -0.2) is 54.8 Å². The van der Waals surface area contributed by atoms with E-state index in [1.165, 1.54) is 11.3 Å². The van der Waals surface area contributed by atoms with Crippen molar-refractivity contribution in [3.63, 3.8) is 0 Å². The first-order valence-corrected chi connectivity index (χ1v) is 19.8. The molecule has 1 amide bonds. The summed E-state index contributed by atoms with van der Waals surface area (Å²) in [5, 5.41) is 0.866. The number of hydrogen-bond donors (Lipinski definition) is 0. The van der Waals surface area contributed by atoms with E-state index in [-0.39, 0.29) is 23.0 Å². The number of nitrogens with zero attached hydrogens (tertiary/aromatic N) is 2. The summed E-state index contributed by atoms with van der Waals surface area (Å²) in [4.78, 5) is 18.2. The molecule has 1 unspecified atom stereocenters. The Morgan fingerprint density at radius 2 is 1.58 bits per heavy atom. The van der Waals surface area contributed by atoms with Gasteiger partial charge in [-0.2, -0.15) is 0 Å². The molecule has 48 heavy (non-hydrogen) atoms. The van der Waals surface area contributed by atoms with Crippen molar-refractivity contribution in [2.75, 3.05) is 13.2 Å². The zero-order valence-corrected chi connectivity index (χ0v) is 30.7. The summed E-state index contributed by atoms with van der Waals surface area (Å²) in [7, 11) is -4.04. The van der Waals surface area contributed by atoms with Crippen molar-refractivity contribution in [3.8, 4) is 11.3 Å². The van der Waals surface area contributed by atoms with Crippen molar-refractivity contribution >= 4 is 37.5 Å². The second kappa shape index (κ2) is 12.7. The third-order valence-corrected chi connectivity index (χ3v) is 14.0. The number of hydrogen-bond acceptors (Lipinski definition) is 6. The van der Waals surface area contributed by atoms with Gasteiger partial charge in [-0.1, -0.05) is 41.8 Å². The minimum atomic E-state index is -4.04. The van der Waals surface area contributed by atoms with E-state index in [2.05, 4.69) is 36.1 Å². The third-order valence-electron chi connectivity index (χ3n) is 10.7. The van der Waals surface area contributed by atoms with E-state index in [4.69, 9.17) is 9.47 Å². The van der Waals surface area contributed by atoms with Crippen LogP contribution < -0.4 is 0 Å². The summed E-state index contributed by atoms with van der Waals surface area (Å²) in [5.41, 5.74) is 4.75. The molecule has 256 valence electrons. The summed E-state index contributed by atoms with van der Waals surface area (Å²) >= 11 is 1.44. The Morgan fingerprint density at radius 3 is 2.19 bits per heavy atom. The Labute approximate surface area is 289 Å². The average molecular weight is 689 g/mol. The molecule has 2 aromatic carbocycles. The maximum Gasteiger partial charge on any atom is 0.269 e. The van der Waals surface area contributed by atoms with Crippen LogP contribution in [0.25, 0.3) is 21.5 Å². The zero-order valence-electron chi connectivity index (χ0n) is 29.0. The maximum absolute atomic E-state index is 14.9. The van der Waals surface area contributed by atoms with Crippen molar-refractivity contribution in [1.29, 1.82) is 0 Å². The number of aryl methyl sites for hydroxylation is 3. The molecule has 7 rings (SSSR count). The number of rotatable bonds is 9. The molecule has 2 atom stereocenters. The molecule has 5 heterocycles. The third kappa shape index (κ3) is 5.84. The van der Waals surface area contributed by atoms with Crippen LogP contribution in [0.4, 0.5) is 0 Å². The summed E-state index contributed by atoms with van der Waals surface area (Å²) in [6.07, 6.45) is 7.00. The van der Waals surface area contributed by atoms with Crippen LogP contribution in [0.5, 0.6) is 0 Å². The highest BCUT2D eigenvalue weighted by atomic mass is 32.2. The van der Waals surface area contributed by atoms with Gasteiger partial charge < -0.3 is 14.4 Å². The van der Waals surface area contributed by atoms with E-state index in [1.807, 2.05) is 46.8 Å². The summed E-state index contributed by atoms with van der Waals surface area (Å²) in [5.74, 6) is -0.00902. The van der Waals surface area contributed by atoms with Gasteiger partial charge in [-0.3, -0.25) is 4.79 Å². The molecule has 2 aromatic heterocycles. The first-order valence-electron chi connectivity index (χ1n) is 17.5. The van der Waals surface area contributed by atoms with Crippen LogP contribution in [-0.2, 0) is 29.7 Å². The minimum Gasteiger partial charge on any atom is -0.353 e. The first-order chi connectivity index (χ1) is 22.9. The molecular weight excluding hydrogens is 641 g/mol. The molecule has 3 aliphatic rings. The molecule has 0 saturated carbocycles. The molecule has 9 heteroatoms. The maximum atomic E-state index is 14.9. The van der Waals surface area contributed by atoms with E-state index >= 15 is 0 Å². The normalized spacial score (nSPS) is 22.1. The van der Waals surface area contributed by atoms with E-state index in [9.17, 15) is 13.2 Å². The lowest BCUT2D eigenvalue weighted by Gasteiger charge is -2.32. The second-order valence-electron chi connectivity index (χ2n) is 14.9. The van der Waals surface area contributed by atoms with E-state index < -0.39 is 15.4 Å². The fourth-order valence-corrected chi connectivity index (χ4v) is 11.2. The predicted molar refractivity (Wildman–Crippen MR) is 192 cm³/mol. The number of fused-ring (bicyclic) bond motifs is 3.